The molecule has 1 aromatic rings. The van der Waals surface area contributed by atoms with Crippen molar-refractivity contribution in [3.63, 3.8) is 0 Å². The molecule has 2 unspecified atom stereocenters. The number of hydrogen-bond donors (Lipinski definition) is 1. The van der Waals surface area contributed by atoms with E-state index in [0.29, 0.717) is 18.9 Å². The molecule has 0 fully saturated rings. The zero-order chi connectivity index (χ0) is 11.4. The molecule has 1 heterocycles. The molecule has 0 aliphatic rings. The van der Waals surface area contributed by atoms with Gasteiger partial charge in [-0.15, -0.1) is 11.3 Å². The molecule has 0 radical (unpaired) electrons. The van der Waals surface area contributed by atoms with Crippen LogP contribution in [0.25, 0.3) is 0 Å². The average molecular weight is 294 g/mol. The molecule has 1 aromatic heterocycles. The van der Waals surface area contributed by atoms with Gasteiger partial charge in [-0.3, -0.25) is 0 Å². The highest BCUT2D eigenvalue weighted by atomic mass is 79.9. The second kappa shape index (κ2) is 5.97. The average Bonchev–Trinajstić information content (AvgIpc) is 2.51. The summed E-state index contributed by atoms with van der Waals surface area (Å²) in [7, 11) is 0. The Hall–Kier alpha value is 0.0700. The lowest BCUT2D eigenvalue weighted by Crippen LogP contribution is -2.30. The maximum absolute atomic E-state index is 13.9. The van der Waals surface area contributed by atoms with E-state index in [1.54, 1.807) is 11.3 Å². The highest BCUT2D eigenvalue weighted by Crippen LogP contribution is 2.25. The maximum Gasteiger partial charge on any atom is 0.109 e. The number of nitrogens with two attached hydrogens (primary N) is 1. The molecule has 4 heteroatoms. The van der Waals surface area contributed by atoms with Crippen LogP contribution in [0.5, 0.6) is 0 Å². The lowest BCUT2D eigenvalue weighted by molar-refractivity contribution is 0.186. The van der Waals surface area contributed by atoms with Crippen molar-refractivity contribution in [2.45, 2.75) is 26.4 Å². The van der Waals surface area contributed by atoms with Gasteiger partial charge in [-0.05, 0) is 34.5 Å². The monoisotopic (exact) mass is 293 g/mol. The third kappa shape index (κ3) is 3.85. The summed E-state index contributed by atoms with van der Waals surface area (Å²) in [5, 5.41) is 1.98. The van der Waals surface area contributed by atoms with Crippen molar-refractivity contribution < 1.29 is 4.39 Å². The summed E-state index contributed by atoms with van der Waals surface area (Å²) in [6, 6.07) is 1.98. The topological polar surface area (TPSA) is 26.0 Å². The van der Waals surface area contributed by atoms with Gasteiger partial charge in [-0.1, -0.05) is 13.8 Å². The summed E-state index contributed by atoms with van der Waals surface area (Å²) in [6.07, 6.45) is -0.350. The van der Waals surface area contributed by atoms with Gasteiger partial charge >= 0.3 is 0 Å². The summed E-state index contributed by atoms with van der Waals surface area (Å²) >= 11 is 4.96. The Kier molecular flexibility index (Phi) is 5.23. The van der Waals surface area contributed by atoms with Crippen LogP contribution in [0.15, 0.2) is 15.9 Å². The van der Waals surface area contributed by atoms with Gasteiger partial charge in [0.25, 0.3) is 0 Å². The van der Waals surface area contributed by atoms with E-state index < -0.39 is 6.17 Å². The van der Waals surface area contributed by atoms with E-state index in [4.69, 9.17) is 5.73 Å². The van der Waals surface area contributed by atoms with E-state index in [2.05, 4.69) is 15.9 Å². The Bertz CT molecular complexity index is 301. The molecular formula is C11H17BrFNS. The summed E-state index contributed by atoms with van der Waals surface area (Å²) in [6.45, 7) is 4.47. The number of alkyl halides is 1. The standard InChI is InChI=1S/C11H17BrFNS/c1-7(2)10(5-14)11(13)4-9-3-8(12)6-15-9/h3,6-7,10-11H,4-5,14H2,1-2H3. The Balaban J connectivity index is 2.57. The molecule has 1 nitrogen and oxygen atoms in total. The van der Waals surface area contributed by atoms with Crippen LogP contribution in [0.4, 0.5) is 4.39 Å². The zero-order valence-corrected chi connectivity index (χ0v) is 11.4. The maximum atomic E-state index is 13.9. The molecular weight excluding hydrogens is 277 g/mol. The van der Waals surface area contributed by atoms with E-state index in [1.807, 2.05) is 25.3 Å². The van der Waals surface area contributed by atoms with E-state index >= 15 is 0 Å². The van der Waals surface area contributed by atoms with E-state index in [0.717, 1.165) is 9.35 Å². The third-order valence-corrected chi connectivity index (χ3v) is 4.33. The van der Waals surface area contributed by atoms with Crippen molar-refractivity contribution in [2.24, 2.45) is 17.6 Å². The highest BCUT2D eigenvalue weighted by Gasteiger charge is 2.23. The van der Waals surface area contributed by atoms with Crippen LogP contribution in [0.1, 0.15) is 18.7 Å². The Morgan fingerprint density at radius 2 is 2.20 bits per heavy atom. The minimum atomic E-state index is -0.833. The lowest BCUT2D eigenvalue weighted by atomic mass is 9.89. The summed E-state index contributed by atoms with van der Waals surface area (Å²) in [4.78, 5) is 1.08. The molecule has 0 aliphatic carbocycles. The van der Waals surface area contributed by atoms with Crippen molar-refractivity contribution in [3.8, 4) is 0 Å². The molecule has 2 N–H and O–H groups in total. The van der Waals surface area contributed by atoms with Gasteiger partial charge in [-0.2, -0.15) is 0 Å². The molecule has 0 spiro atoms. The molecule has 0 saturated heterocycles. The number of rotatable bonds is 5. The molecule has 1 rings (SSSR count). The van der Waals surface area contributed by atoms with Crippen molar-refractivity contribution in [1.29, 1.82) is 0 Å². The van der Waals surface area contributed by atoms with Crippen molar-refractivity contribution in [1.82, 2.24) is 0 Å². The van der Waals surface area contributed by atoms with Gasteiger partial charge in [0, 0.05) is 27.1 Å². The van der Waals surface area contributed by atoms with Gasteiger partial charge in [0.2, 0.25) is 0 Å². The van der Waals surface area contributed by atoms with Crippen LogP contribution in [0.2, 0.25) is 0 Å². The molecule has 2 atom stereocenters. The third-order valence-electron chi connectivity index (χ3n) is 2.61. The van der Waals surface area contributed by atoms with Crippen LogP contribution in [0, 0.1) is 11.8 Å². The number of hydrogen-bond acceptors (Lipinski definition) is 2. The van der Waals surface area contributed by atoms with Crippen molar-refractivity contribution in [3.05, 3.63) is 20.8 Å². The Morgan fingerprint density at radius 3 is 2.60 bits per heavy atom. The van der Waals surface area contributed by atoms with Crippen LogP contribution in [-0.4, -0.2) is 12.7 Å². The zero-order valence-electron chi connectivity index (χ0n) is 9.04. The number of thiophene rings is 1. The molecule has 0 saturated carbocycles. The SMILES string of the molecule is CC(C)C(CN)C(F)Cc1cc(Br)cs1. The molecule has 0 amide bonds. The van der Waals surface area contributed by atoms with E-state index in [-0.39, 0.29) is 5.92 Å². The van der Waals surface area contributed by atoms with Gasteiger partial charge in [-0.25, -0.2) is 4.39 Å². The molecule has 0 aliphatic heterocycles. The quantitative estimate of drug-likeness (QED) is 0.882. The van der Waals surface area contributed by atoms with Crippen molar-refractivity contribution >= 4 is 27.3 Å². The number of halogens is 2. The fourth-order valence-corrected chi connectivity index (χ4v) is 3.13. The summed E-state index contributed by atoms with van der Waals surface area (Å²) in [5.74, 6) is 0.263. The summed E-state index contributed by atoms with van der Waals surface area (Å²) in [5.41, 5.74) is 5.59. The fourth-order valence-electron chi connectivity index (χ4n) is 1.64. The minimum absolute atomic E-state index is 0.0362. The first-order valence-electron chi connectivity index (χ1n) is 5.11. The Labute approximate surface area is 103 Å². The molecule has 15 heavy (non-hydrogen) atoms. The van der Waals surface area contributed by atoms with Crippen LogP contribution in [0.3, 0.4) is 0 Å². The van der Waals surface area contributed by atoms with Crippen LogP contribution in [-0.2, 0) is 6.42 Å². The first kappa shape index (κ1) is 13.1. The van der Waals surface area contributed by atoms with Gasteiger partial charge in [0.05, 0.1) is 0 Å². The van der Waals surface area contributed by atoms with Gasteiger partial charge in [0.1, 0.15) is 6.17 Å². The summed E-state index contributed by atoms with van der Waals surface area (Å²) < 4.78 is 15.0. The first-order chi connectivity index (χ1) is 7.04. The highest BCUT2D eigenvalue weighted by molar-refractivity contribution is 9.10. The van der Waals surface area contributed by atoms with E-state index in [1.165, 1.54) is 0 Å². The second-order valence-corrected chi connectivity index (χ2v) is 6.01. The largest absolute Gasteiger partial charge is 0.330 e. The predicted molar refractivity (Wildman–Crippen MR) is 68.0 cm³/mol. The smallest absolute Gasteiger partial charge is 0.109 e. The fraction of sp³-hybridized carbons (Fsp3) is 0.636. The van der Waals surface area contributed by atoms with Gasteiger partial charge < -0.3 is 5.73 Å². The Morgan fingerprint density at radius 1 is 1.53 bits per heavy atom. The second-order valence-electron chi connectivity index (χ2n) is 4.09. The molecule has 0 aromatic carbocycles. The predicted octanol–water partition coefficient (Wildman–Crippen LogP) is 3.62. The first-order valence-corrected chi connectivity index (χ1v) is 6.79. The lowest BCUT2D eigenvalue weighted by Gasteiger charge is -2.22. The molecule has 86 valence electrons. The van der Waals surface area contributed by atoms with Crippen molar-refractivity contribution in [2.75, 3.05) is 6.54 Å². The van der Waals surface area contributed by atoms with E-state index in [9.17, 15) is 4.39 Å². The minimum Gasteiger partial charge on any atom is -0.330 e. The van der Waals surface area contributed by atoms with Gasteiger partial charge in [0.15, 0.2) is 0 Å². The normalized spacial score (nSPS) is 15.6. The molecule has 0 bridgehead atoms. The van der Waals surface area contributed by atoms with Crippen LogP contribution >= 0.6 is 27.3 Å². The van der Waals surface area contributed by atoms with Crippen LogP contribution < -0.4 is 5.73 Å².